The lowest BCUT2D eigenvalue weighted by atomic mass is 10.1. The molecule has 6 heteroatoms. The number of para-hydroxylation sites is 1. The van der Waals surface area contributed by atoms with Crippen LogP contribution in [0.2, 0.25) is 0 Å². The van der Waals surface area contributed by atoms with E-state index in [0.717, 1.165) is 10.8 Å². The first-order valence-corrected chi connectivity index (χ1v) is 12.4. The Morgan fingerprint density at radius 3 is 2.32 bits per heavy atom. The summed E-state index contributed by atoms with van der Waals surface area (Å²) < 4.78 is 16.2. The maximum atomic E-state index is 14.7. The summed E-state index contributed by atoms with van der Waals surface area (Å²) in [7, 11) is 0. The molecular weight excluding hydrogens is 465 g/mol. The summed E-state index contributed by atoms with van der Waals surface area (Å²) in [6, 6.07) is 26.3. The molecule has 0 aliphatic carbocycles. The number of hydrogen-bond acceptors (Lipinski definition) is 3. The van der Waals surface area contributed by atoms with Crippen LogP contribution in [0.3, 0.4) is 0 Å². The Morgan fingerprint density at radius 1 is 0.892 bits per heavy atom. The van der Waals surface area contributed by atoms with Gasteiger partial charge in [0, 0.05) is 6.54 Å². The lowest BCUT2D eigenvalue weighted by Gasteiger charge is -2.32. The second-order valence-electron chi connectivity index (χ2n) is 9.67. The molecule has 5 nitrogen and oxygen atoms in total. The summed E-state index contributed by atoms with van der Waals surface area (Å²) in [6.45, 7) is 6.21. The van der Waals surface area contributed by atoms with E-state index in [-0.39, 0.29) is 17.0 Å². The second-order valence-corrected chi connectivity index (χ2v) is 9.67. The van der Waals surface area contributed by atoms with E-state index in [4.69, 9.17) is 4.98 Å². The first kappa shape index (κ1) is 24.4. The van der Waals surface area contributed by atoms with Crippen molar-refractivity contribution in [1.82, 2.24) is 14.5 Å². The molecule has 186 valence electrons. The van der Waals surface area contributed by atoms with Crippen LogP contribution in [-0.2, 0) is 0 Å². The van der Waals surface area contributed by atoms with Gasteiger partial charge < -0.3 is 4.90 Å². The summed E-state index contributed by atoms with van der Waals surface area (Å²) in [5.74, 6) is -0.484. The van der Waals surface area contributed by atoms with Crippen LogP contribution in [0.5, 0.6) is 0 Å². The largest absolute Gasteiger partial charge is 0.328 e. The normalized spacial score (nSPS) is 12.2. The van der Waals surface area contributed by atoms with Crippen molar-refractivity contribution in [2.75, 3.05) is 6.54 Å². The zero-order valence-corrected chi connectivity index (χ0v) is 21.1. The Hall–Kier alpha value is -4.32. The number of carbonyl (C=O) groups is 1. The topological polar surface area (TPSA) is 55.2 Å². The van der Waals surface area contributed by atoms with E-state index >= 15 is 0 Å². The summed E-state index contributed by atoms with van der Waals surface area (Å²) in [6.07, 6.45) is 0. The highest BCUT2D eigenvalue weighted by atomic mass is 19.1. The van der Waals surface area contributed by atoms with Gasteiger partial charge in [0.25, 0.3) is 11.5 Å². The number of aromatic nitrogens is 2. The van der Waals surface area contributed by atoms with Gasteiger partial charge in [-0.2, -0.15) is 0 Å². The van der Waals surface area contributed by atoms with Crippen molar-refractivity contribution in [1.29, 1.82) is 0 Å². The van der Waals surface area contributed by atoms with Gasteiger partial charge in [-0.1, -0.05) is 68.4 Å². The van der Waals surface area contributed by atoms with Crippen LogP contribution in [0, 0.1) is 11.7 Å². The highest BCUT2D eigenvalue weighted by Crippen LogP contribution is 2.27. The smallest absolute Gasteiger partial charge is 0.266 e. The van der Waals surface area contributed by atoms with Crippen LogP contribution in [0.4, 0.5) is 4.39 Å². The fourth-order valence-electron chi connectivity index (χ4n) is 4.73. The van der Waals surface area contributed by atoms with Gasteiger partial charge in [0.15, 0.2) is 0 Å². The number of halogens is 1. The molecule has 1 heterocycles. The van der Waals surface area contributed by atoms with Crippen molar-refractivity contribution in [3.8, 4) is 5.69 Å². The van der Waals surface area contributed by atoms with E-state index in [9.17, 15) is 14.0 Å². The fraction of sp³-hybridized carbons (Fsp3) is 0.194. The number of rotatable bonds is 6. The SMILES string of the molecule is CC(C)CN(C(=O)c1ccccc1F)C(C)c1nc2ccccc2c(=O)n1-c1ccc2ccccc2c1. The van der Waals surface area contributed by atoms with Crippen molar-refractivity contribution in [2.45, 2.75) is 26.8 Å². The van der Waals surface area contributed by atoms with Crippen LogP contribution in [0.25, 0.3) is 27.4 Å². The third-order valence-electron chi connectivity index (χ3n) is 6.56. The Labute approximate surface area is 214 Å². The molecule has 1 amide bonds. The van der Waals surface area contributed by atoms with E-state index in [1.165, 1.54) is 12.1 Å². The maximum absolute atomic E-state index is 14.7. The van der Waals surface area contributed by atoms with Crippen molar-refractivity contribution in [3.63, 3.8) is 0 Å². The molecule has 0 radical (unpaired) electrons. The molecule has 4 aromatic carbocycles. The number of hydrogen-bond donors (Lipinski definition) is 0. The summed E-state index contributed by atoms with van der Waals surface area (Å²) >= 11 is 0. The maximum Gasteiger partial charge on any atom is 0.266 e. The first-order chi connectivity index (χ1) is 17.8. The van der Waals surface area contributed by atoms with E-state index in [2.05, 4.69) is 0 Å². The Bertz CT molecular complexity index is 1670. The second kappa shape index (κ2) is 9.97. The monoisotopic (exact) mass is 493 g/mol. The molecule has 1 atom stereocenters. The number of benzene rings is 4. The Morgan fingerprint density at radius 2 is 1.57 bits per heavy atom. The molecule has 0 N–H and O–H groups in total. The van der Waals surface area contributed by atoms with Gasteiger partial charge in [-0.05, 0) is 60.0 Å². The molecule has 1 aromatic heterocycles. The molecule has 1 unspecified atom stereocenters. The van der Waals surface area contributed by atoms with Crippen LogP contribution >= 0.6 is 0 Å². The lowest BCUT2D eigenvalue weighted by molar-refractivity contribution is 0.0650. The summed E-state index contributed by atoms with van der Waals surface area (Å²) in [4.78, 5) is 34.0. The zero-order chi connectivity index (χ0) is 26.1. The third-order valence-corrected chi connectivity index (χ3v) is 6.56. The minimum Gasteiger partial charge on any atom is -0.328 e. The van der Waals surface area contributed by atoms with E-state index in [0.29, 0.717) is 29.0 Å². The molecule has 0 saturated carbocycles. The molecular formula is C31H28FN3O2. The van der Waals surface area contributed by atoms with E-state index in [1.807, 2.05) is 75.4 Å². The fourth-order valence-corrected chi connectivity index (χ4v) is 4.73. The zero-order valence-electron chi connectivity index (χ0n) is 21.1. The number of amides is 1. The lowest BCUT2D eigenvalue weighted by Crippen LogP contribution is -2.39. The van der Waals surface area contributed by atoms with Gasteiger partial charge in [0.1, 0.15) is 11.6 Å². The van der Waals surface area contributed by atoms with Crippen molar-refractivity contribution in [3.05, 3.63) is 119 Å². The minimum atomic E-state index is -0.613. The van der Waals surface area contributed by atoms with Gasteiger partial charge in [0.2, 0.25) is 0 Å². The van der Waals surface area contributed by atoms with Gasteiger partial charge in [-0.3, -0.25) is 14.2 Å². The number of carbonyl (C=O) groups excluding carboxylic acids is 1. The van der Waals surface area contributed by atoms with Crippen molar-refractivity contribution < 1.29 is 9.18 Å². The van der Waals surface area contributed by atoms with Gasteiger partial charge in [-0.15, -0.1) is 0 Å². The third kappa shape index (κ3) is 4.62. The molecule has 0 aliphatic heterocycles. The number of nitrogens with zero attached hydrogens (tertiary/aromatic N) is 3. The molecule has 0 spiro atoms. The van der Waals surface area contributed by atoms with Crippen LogP contribution < -0.4 is 5.56 Å². The molecule has 0 bridgehead atoms. The van der Waals surface area contributed by atoms with Crippen molar-refractivity contribution in [2.24, 2.45) is 5.92 Å². The molecule has 0 fully saturated rings. The van der Waals surface area contributed by atoms with Crippen molar-refractivity contribution >= 4 is 27.6 Å². The van der Waals surface area contributed by atoms with Crippen LogP contribution in [-0.4, -0.2) is 26.9 Å². The molecule has 0 saturated heterocycles. The quantitative estimate of drug-likeness (QED) is 0.270. The van der Waals surface area contributed by atoms with Crippen LogP contribution in [0.1, 0.15) is 43.0 Å². The predicted molar refractivity (Wildman–Crippen MR) is 146 cm³/mol. The molecule has 37 heavy (non-hydrogen) atoms. The Kier molecular flexibility index (Phi) is 6.57. The van der Waals surface area contributed by atoms with Gasteiger partial charge in [-0.25, -0.2) is 9.37 Å². The van der Waals surface area contributed by atoms with Gasteiger partial charge >= 0.3 is 0 Å². The average Bonchev–Trinajstić information content (AvgIpc) is 2.91. The highest BCUT2D eigenvalue weighted by Gasteiger charge is 2.29. The van der Waals surface area contributed by atoms with E-state index in [1.54, 1.807) is 33.7 Å². The highest BCUT2D eigenvalue weighted by molar-refractivity contribution is 5.94. The predicted octanol–water partition coefficient (Wildman–Crippen LogP) is 6.54. The molecule has 5 aromatic rings. The van der Waals surface area contributed by atoms with E-state index < -0.39 is 17.8 Å². The molecule has 0 aliphatic rings. The average molecular weight is 494 g/mol. The first-order valence-electron chi connectivity index (χ1n) is 12.4. The number of fused-ring (bicyclic) bond motifs is 2. The summed E-state index contributed by atoms with van der Waals surface area (Å²) in [5, 5.41) is 2.53. The Balaban J connectivity index is 1.73. The standard InChI is InChI=1S/C31H28FN3O2/c1-20(2)19-34(30(36)25-12-6-8-14-27(25)32)21(3)29-33-28-15-9-7-13-26(28)31(37)35(29)24-17-16-22-10-4-5-11-23(22)18-24/h4-18,20-21H,19H2,1-3H3. The van der Waals surface area contributed by atoms with Gasteiger partial charge in [0.05, 0.1) is 28.2 Å². The summed E-state index contributed by atoms with van der Waals surface area (Å²) in [5.41, 5.74) is 0.988. The van der Waals surface area contributed by atoms with Crippen LogP contribution in [0.15, 0.2) is 95.8 Å². The minimum absolute atomic E-state index is 0.00427. The molecule has 5 rings (SSSR count).